The normalized spacial score (nSPS) is 17.0. The maximum Gasteiger partial charge on any atom is 0.228 e. The van der Waals surface area contributed by atoms with Crippen LogP contribution < -0.4 is 15.4 Å². The number of anilines is 1. The summed E-state index contributed by atoms with van der Waals surface area (Å²) in [4.78, 5) is 26.9. The van der Waals surface area contributed by atoms with Crippen molar-refractivity contribution in [3.05, 3.63) is 59.7 Å². The fourth-order valence-electron chi connectivity index (χ4n) is 3.39. The number of para-hydroxylation sites is 1. The number of ether oxygens (including phenoxy) is 1. The van der Waals surface area contributed by atoms with Gasteiger partial charge in [-0.3, -0.25) is 9.59 Å². The summed E-state index contributed by atoms with van der Waals surface area (Å²) in [6.07, 6.45) is 0.165. The number of benzene rings is 2. The highest BCUT2D eigenvalue weighted by Gasteiger charge is 2.30. The monoisotopic (exact) mass is 367 g/mol. The summed E-state index contributed by atoms with van der Waals surface area (Å²) < 4.78 is 5.21. The minimum absolute atomic E-state index is 0.0208. The van der Waals surface area contributed by atoms with Crippen molar-refractivity contribution in [1.82, 2.24) is 10.2 Å². The topological polar surface area (TPSA) is 70.7 Å². The van der Waals surface area contributed by atoms with Crippen LogP contribution in [0.4, 0.5) is 5.69 Å². The first-order valence-corrected chi connectivity index (χ1v) is 8.96. The van der Waals surface area contributed by atoms with Crippen LogP contribution in [0.2, 0.25) is 0 Å². The number of fused-ring (bicyclic) bond motifs is 1. The molecule has 1 heterocycles. The van der Waals surface area contributed by atoms with E-state index in [1.54, 1.807) is 7.11 Å². The van der Waals surface area contributed by atoms with Gasteiger partial charge >= 0.3 is 0 Å². The Morgan fingerprint density at radius 3 is 2.59 bits per heavy atom. The Morgan fingerprint density at radius 1 is 1.22 bits per heavy atom. The average Bonchev–Trinajstić information content (AvgIpc) is 2.67. The Labute approximate surface area is 159 Å². The molecule has 0 fully saturated rings. The number of rotatable bonds is 6. The van der Waals surface area contributed by atoms with Crippen LogP contribution in [0.5, 0.6) is 5.75 Å². The molecule has 2 atom stereocenters. The molecule has 0 bridgehead atoms. The van der Waals surface area contributed by atoms with Crippen LogP contribution in [0.25, 0.3) is 0 Å². The van der Waals surface area contributed by atoms with E-state index in [0.717, 1.165) is 16.9 Å². The minimum Gasteiger partial charge on any atom is -0.497 e. The van der Waals surface area contributed by atoms with Gasteiger partial charge in [0, 0.05) is 18.7 Å². The van der Waals surface area contributed by atoms with E-state index < -0.39 is 5.92 Å². The highest BCUT2D eigenvalue weighted by atomic mass is 16.5. The molecule has 3 rings (SSSR count). The number of hydrogen-bond acceptors (Lipinski definition) is 4. The van der Waals surface area contributed by atoms with Crippen molar-refractivity contribution in [2.24, 2.45) is 0 Å². The van der Waals surface area contributed by atoms with Gasteiger partial charge in [-0.25, -0.2) is 0 Å². The Morgan fingerprint density at radius 2 is 1.93 bits per heavy atom. The zero-order valence-electron chi connectivity index (χ0n) is 15.9. The van der Waals surface area contributed by atoms with Crippen LogP contribution >= 0.6 is 0 Å². The van der Waals surface area contributed by atoms with Crippen molar-refractivity contribution in [2.75, 3.05) is 33.1 Å². The zero-order chi connectivity index (χ0) is 19.4. The number of amides is 2. The summed E-state index contributed by atoms with van der Waals surface area (Å²) in [6.45, 7) is 0.457. The summed E-state index contributed by atoms with van der Waals surface area (Å²) in [5.74, 6) is 0.0737. The highest BCUT2D eigenvalue weighted by Crippen LogP contribution is 2.32. The Bertz CT molecular complexity index is 818. The highest BCUT2D eigenvalue weighted by molar-refractivity contribution is 6.01. The molecule has 2 amide bonds. The molecule has 0 spiro atoms. The molecule has 1 aliphatic heterocycles. The van der Waals surface area contributed by atoms with Crippen LogP contribution in [0.1, 0.15) is 29.5 Å². The lowest BCUT2D eigenvalue weighted by atomic mass is 9.89. The number of hydrogen-bond donors (Lipinski definition) is 2. The zero-order valence-corrected chi connectivity index (χ0v) is 15.9. The standard InChI is InChI=1S/C21H25N3O3/c1-24(2)19(14-8-10-15(27-3)11-9-14)13-22-21(26)17-12-20(25)23-18-7-5-4-6-16(17)18/h4-11,17,19H,12-13H2,1-3H3,(H,22,26)(H,23,25). The molecular weight excluding hydrogens is 342 g/mol. The number of nitrogens with zero attached hydrogens (tertiary/aromatic N) is 1. The van der Waals surface area contributed by atoms with Gasteiger partial charge in [0.25, 0.3) is 0 Å². The van der Waals surface area contributed by atoms with Gasteiger partial charge in [0.15, 0.2) is 0 Å². The molecule has 2 aromatic rings. The van der Waals surface area contributed by atoms with Crippen molar-refractivity contribution in [3.63, 3.8) is 0 Å². The van der Waals surface area contributed by atoms with Crippen molar-refractivity contribution in [1.29, 1.82) is 0 Å². The molecule has 2 unspecified atom stereocenters. The van der Waals surface area contributed by atoms with Crippen LogP contribution in [-0.4, -0.2) is 44.5 Å². The van der Waals surface area contributed by atoms with E-state index in [9.17, 15) is 9.59 Å². The van der Waals surface area contributed by atoms with Crippen molar-refractivity contribution < 1.29 is 14.3 Å². The lowest BCUT2D eigenvalue weighted by molar-refractivity contribution is -0.126. The first-order chi connectivity index (χ1) is 13.0. The molecule has 0 radical (unpaired) electrons. The molecule has 0 aliphatic carbocycles. The predicted octanol–water partition coefficient (Wildman–Crippen LogP) is 2.54. The summed E-state index contributed by atoms with van der Waals surface area (Å²) in [7, 11) is 5.59. The molecule has 6 heteroatoms. The third kappa shape index (κ3) is 4.28. The number of carbonyl (C=O) groups excluding carboxylic acids is 2. The first kappa shape index (κ1) is 18.9. The smallest absolute Gasteiger partial charge is 0.228 e. The Kier molecular flexibility index (Phi) is 5.76. The molecule has 6 nitrogen and oxygen atoms in total. The SMILES string of the molecule is COc1ccc(C(CNC(=O)C2CC(=O)Nc3ccccc32)N(C)C)cc1. The molecule has 0 saturated heterocycles. The fourth-order valence-corrected chi connectivity index (χ4v) is 3.39. The van der Waals surface area contributed by atoms with E-state index >= 15 is 0 Å². The first-order valence-electron chi connectivity index (χ1n) is 8.96. The summed E-state index contributed by atoms with van der Waals surface area (Å²) in [5, 5.41) is 5.86. The van der Waals surface area contributed by atoms with Gasteiger partial charge in [0.1, 0.15) is 5.75 Å². The maximum atomic E-state index is 12.8. The maximum absolute atomic E-state index is 12.8. The number of methoxy groups -OCH3 is 1. The molecule has 1 aliphatic rings. The van der Waals surface area contributed by atoms with Gasteiger partial charge in [0.2, 0.25) is 11.8 Å². The van der Waals surface area contributed by atoms with Crippen molar-refractivity contribution in [2.45, 2.75) is 18.4 Å². The van der Waals surface area contributed by atoms with Gasteiger partial charge in [-0.15, -0.1) is 0 Å². The van der Waals surface area contributed by atoms with Gasteiger partial charge in [-0.2, -0.15) is 0 Å². The number of carbonyl (C=O) groups is 2. The van der Waals surface area contributed by atoms with E-state index in [-0.39, 0.29) is 24.3 Å². The molecule has 2 N–H and O–H groups in total. The quantitative estimate of drug-likeness (QED) is 0.823. The van der Waals surface area contributed by atoms with Crippen LogP contribution in [0.15, 0.2) is 48.5 Å². The van der Waals surface area contributed by atoms with Crippen molar-refractivity contribution >= 4 is 17.5 Å². The van der Waals surface area contributed by atoms with Crippen LogP contribution in [0.3, 0.4) is 0 Å². The molecule has 0 aromatic heterocycles. The second-order valence-corrected chi connectivity index (χ2v) is 6.89. The molecule has 0 saturated carbocycles. The summed E-state index contributed by atoms with van der Waals surface area (Å²) in [5.41, 5.74) is 2.66. The third-order valence-electron chi connectivity index (χ3n) is 4.91. The molecule has 2 aromatic carbocycles. The lowest BCUT2D eigenvalue weighted by Crippen LogP contribution is -2.39. The van der Waals surface area contributed by atoms with Crippen LogP contribution in [-0.2, 0) is 9.59 Å². The second kappa shape index (κ2) is 8.22. The van der Waals surface area contributed by atoms with E-state index in [1.807, 2.05) is 62.6 Å². The summed E-state index contributed by atoms with van der Waals surface area (Å²) >= 11 is 0. The van der Waals surface area contributed by atoms with E-state index in [2.05, 4.69) is 15.5 Å². The molecule has 142 valence electrons. The predicted molar refractivity (Wildman–Crippen MR) is 105 cm³/mol. The molecule has 27 heavy (non-hydrogen) atoms. The van der Waals surface area contributed by atoms with Gasteiger partial charge in [-0.05, 0) is 43.4 Å². The van der Waals surface area contributed by atoms with E-state index in [1.165, 1.54) is 0 Å². The minimum atomic E-state index is -0.464. The summed E-state index contributed by atoms with van der Waals surface area (Å²) in [6, 6.07) is 15.3. The third-order valence-corrected chi connectivity index (χ3v) is 4.91. The Hall–Kier alpha value is -2.86. The fraction of sp³-hybridized carbons (Fsp3) is 0.333. The average molecular weight is 367 g/mol. The lowest BCUT2D eigenvalue weighted by Gasteiger charge is -2.28. The van der Waals surface area contributed by atoms with E-state index in [4.69, 9.17) is 4.74 Å². The molecular formula is C21H25N3O3. The van der Waals surface area contributed by atoms with Crippen molar-refractivity contribution in [3.8, 4) is 5.75 Å². The number of likely N-dealkylation sites (N-methyl/N-ethyl adjacent to an activating group) is 1. The van der Waals surface area contributed by atoms with Gasteiger partial charge in [-0.1, -0.05) is 30.3 Å². The van der Waals surface area contributed by atoms with Crippen LogP contribution in [0, 0.1) is 0 Å². The van der Waals surface area contributed by atoms with Gasteiger partial charge < -0.3 is 20.3 Å². The number of nitrogens with one attached hydrogen (secondary N) is 2. The van der Waals surface area contributed by atoms with E-state index in [0.29, 0.717) is 12.2 Å². The largest absolute Gasteiger partial charge is 0.497 e. The Balaban J connectivity index is 1.72. The van der Waals surface area contributed by atoms with Gasteiger partial charge in [0.05, 0.1) is 19.1 Å². The second-order valence-electron chi connectivity index (χ2n) is 6.89.